The van der Waals surface area contributed by atoms with Crippen molar-refractivity contribution in [3.05, 3.63) is 18.2 Å². The van der Waals surface area contributed by atoms with E-state index < -0.39 is 0 Å². The van der Waals surface area contributed by atoms with Crippen LogP contribution in [0.3, 0.4) is 0 Å². The van der Waals surface area contributed by atoms with Crippen LogP contribution in [0.25, 0.3) is 0 Å². The molecule has 16 heavy (non-hydrogen) atoms. The lowest BCUT2D eigenvalue weighted by Crippen LogP contribution is -2.31. The van der Waals surface area contributed by atoms with Gasteiger partial charge in [-0.25, -0.2) is 4.98 Å². The van der Waals surface area contributed by atoms with Crippen LogP contribution in [0.5, 0.6) is 0 Å². The molecular weight excluding hydrogens is 204 g/mol. The van der Waals surface area contributed by atoms with E-state index in [1.807, 2.05) is 17.6 Å². The Labute approximate surface area is 95.3 Å². The molecule has 1 aromatic heterocycles. The molecule has 0 fully saturated rings. The number of aromatic nitrogens is 2. The normalized spacial score (nSPS) is 9.81. The Kier molecular flexibility index (Phi) is 4.52. The standard InChI is InChI=1S/C11H16N4O/c1-3-10-13-6-8-15(10)9-11(16)14(2)7-4-5-12/h6,8H,3-4,7,9H2,1-2H3. The molecule has 0 aromatic carbocycles. The van der Waals surface area contributed by atoms with Crippen molar-refractivity contribution in [2.24, 2.45) is 0 Å². The molecule has 1 heterocycles. The van der Waals surface area contributed by atoms with Crippen molar-refractivity contribution in [3.63, 3.8) is 0 Å². The third kappa shape index (κ3) is 3.09. The summed E-state index contributed by atoms with van der Waals surface area (Å²) in [5.41, 5.74) is 0. The van der Waals surface area contributed by atoms with Crippen LogP contribution in [0.2, 0.25) is 0 Å². The van der Waals surface area contributed by atoms with E-state index in [1.54, 1.807) is 24.3 Å². The highest BCUT2D eigenvalue weighted by molar-refractivity contribution is 5.75. The molecule has 0 bridgehead atoms. The zero-order chi connectivity index (χ0) is 12.0. The number of aryl methyl sites for hydroxylation is 1. The minimum absolute atomic E-state index is 0.00273. The van der Waals surface area contributed by atoms with Gasteiger partial charge in [0.2, 0.25) is 5.91 Å². The summed E-state index contributed by atoms with van der Waals surface area (Å²) in [7, 11) is 1.71. The van der Waals surface area contributed by atoms with Gasteiger partial charge in [0.15, 0.2) is 0 Å². The van der Waals surface area contributed by atoms with Gasteiger partial charge in [-0.15, -0.1) is 0 Å². The lowest BCUT2D eigenvalue weighted by molar-refractivity contribution is -0.130. The number of likely N-dealkylation sites (N-methyl/N-ethyl adjacent to an activating group) is 1. The van der Waals surface area contributed by atoms with E-state index in [4.69, 9.17) is 5.26 Å². The van der Waals surface area contributed by atoms with Crippen molar-refractivity contribution in [2.75, 3.05) is 13.6 Å². The number of carbonyl (C=O) groups is 1. The van der Waals surface area contributed by atoms with E-state index in [0.29, 0.717) is 19.5 Å². The number of hydrogen-bond donors (Lipinski definition) is 0. The summed E-state index contributed by atoms with van der Waals surface area (Å²) in [5.74, 6) is 0.907. The van der Waals surface area contributed by atoms with Crippen LogP contribution in [0, 0.1) is 11.3 Å². The van der Waals surface area contributed by atoms with Crippen molar-refractivity contribution >= 4 is 5.91 Å². The van der Waals surface area contributed by atoms with Crippen molar-refractivity contribution in [2.45, 2.75) is 26.3 Å². The lowest BCUT2D eigenvalue weighted by Gasteiger charge is -2.16. The highest BCUT2D eigenvalue weighted by atomic mass is 16.2. The van der Waals surface area contributed by atoms with Crippen LogP contribution >= 0.6 is 0 Å². The second kappa shape index (κ2) is 5.91. The minimum Gasteiger partial charge on any atom is -0.343 e. The molecule has 0 atom stereocenters. The van der Waals surface area contributed by atoms with Crippen LogP contribution in [0.1, 0.15) is 19.2 Å². The molecule has 0 aliphatic heterocycles. The molecular formula is C11H16N4O. The fourth-order valence-electron chi connectivity index (χ4n) is 1.41. The van der Waals surface area contributed by atoms with Crippen LogP contribution in [0.4, 0.5) is 0 Å². The Morgan fingerprint density at radius 2 is 2.44 bits per heavy atom. The zero-order valence-corrected chi connectivity index (χ0v) is 9.68. The highest BCUT2D eigenvalue weighted by Gasteiger charge is 2.10. The van der Waals surface area contributed by atoms with Crippen LogP contribution in [-0.2, 0) is 17.8 Å². The summed E-state index contributed by atoms with van der Waals surface area (Å²) in [6.07, 6.45) is 4.67. The number of hydrogen-bond acceptors (Lipinski definition) is 3. The molecule has 0 unspecified atom stereocenters. The van der Waals surface area contributed by atoms with Crippen LogP contribution in [-0.4, -0.2) is 34.0 Å². The molecule has 0 saturated heterocycles. The average molecular weight is 220 g/mol. The molecule has 0 spiro atoms. The molecule has 5 heteroatoms. The number of imidazole rings is 1. The fourth-order valence-corrected chi connectivity index (χ4v) is 1.41. The van der Waals surface area contributed by atoms with Gasteiger partial charge in [-0.05, 0) is 0 Å². The van der Waals surface area contributed by atoms with E-state index in [1.165, 1.54) is 0 Å². The number of amides is 1. The smallest absolute Gasteiger partial charge is 0.242 e. The van der Waals surface area contributed by atoms with Gasteiger partial charge in [0.05, 0.1) is 12.5 Å². The van der Waals surface area contributed by atoms with Crippen molar-refractivity contribution in [3.8, 4) is 6.07 Å². The molecule has 0 saturated carbocycles. The molecule has 1 amide bonds. The van der Waals surface area contributed by atoms with E-state index in [0.717, 1.165) is 12.2 Å². The molecule has 5 nitrogen and oxygen atoms in total. The van der Waals surface area contributed by atoms with Gasteiger partial charge >= 0.3 is 0 Å². The van der Waals surface area contributed by atoms with Crippen molar-refractivity contribution in [1.29, 1.82) is 5.26 Å². The largest absolute Gasteiger partial charge is 0.343 e. The zero-order valence-electron chi connectivity index (χ0n) is 9.68. The Bertz CT molecular complexity index is 391. The number of nitriles is 1. The quantitative estimate of drug-likeness (QED) is 0.738. The summed E-state index contributed by atoms with van der Waals surface area (Å²) < 4.78 is 1.84. The number of rotatable bonds is 5. The predicted octanol–water partition coefficient (Wildman–Crippen LogP) is 0.818. The maximum atomic E-state index is 11.8. The Balaban J connectivity index is 2.54. The van der Waals surface area contributed by atoms with Crippen molar-refractivity contribution < 1.29 is 4.79 Å². The first-order chi connectivity index (χ1) is 7.69. The lowest BCUT2D eigenvalue weighted by atomic mass is 10.4. The first-order valence-electron chi connectivity index (χ1n) is 5.30. The van der Waals surface area contributed by atoms with Gasteiger partial charge in [-0.1, -0.05) is 6.92 Å². The number of nitrogens with zero attached hydrogens (tertiary/aromatic N) is 4. The first kappa shape index (κ1) is 12.2. The monoisotopic (exact) mass is 220 g/mol. The Morgan fingerprint density at radius 1 is 1.69 bits per heavy atom. The molecule has 0 aliphatic carbocycles. The second-order valence-corrected chi connectivity index (χ2v) is 3.55. The minimum atomic E-state index is 0.00273. The third-order valence-corrected chi connectivity index (χ3v) is 2.41. The summed E-state index contributed by atoms with van der Waals surface area (Å²) in [6, 6.07) is 2.02. The first-order valence-corrected chi connectivity index (χ1v) is 5.30. The van der Waals surface area contributed by atoms with Gasteiger partial charge in [0.25, 0.3) is 0 Å². The molecule has 86 valence electrons. The highest BCUT2D eigenvalue weighted by Crippen LogP contribution is 2.00. The molecule has 0 N–H and O–H groups in total. The van der Waals surface area contributed by atoms with Gasteiger partial charge < -0.3 is 9.47 Å². The third-order valence-electron chi connectivity index (χ3n) is 2.41. The van der Waals surface area contributed by atoms with Gasteiger partial charge in [0.1, 0.15) is 12.4 Å². The van der Waals surface area contributed by atoms with Gasteiger partial charge in [0, 0.05) is 32.4 Å². The summed E-state index contributed by atoms with van der Waals surface area (Å²) in [6.45, 7) is 2.78. The fraction of sp³-hybridized carbons (Fsp3) is 0.545. The van der Waals surface area contributed by atoms with E-state index >= 15 is 0 Å². The molecule has 1 rings (SSSR count). The summed E-state index contributed by atoms with van der Waals surface area (Å²) >= 11 is 0. The van der Waals surface area contributed by atoms with Crippen molar-refractivity contribution in [1.82, 2.24) is 14.5 Å². The van der Waals surface area contributed by atoms with Crippen LogP contribution in [0.15, 0.2) is 12.4 Å². The van der Waals surface area contributed by atoms with E-state index in [9.17, 15) is 4.79 Å². The maximum Gasteiger partial charge on any atom is 0.242 e. The molecule has 0 aliphatic rings. The van der Waals surface area contributed by atoms with Crippen LogP contribution < -0.4 is 0 Å². The summed E-state index contributed by atoms with van der Waals surface area (Å²) in [4.78, 5) is 17.5. The van der Waals surface area contributed by atoms with E-state index in [2.05, 4.69) is 4.98 Å². The summed E-state index contributed by atoms with van der Waals surface area (Å²) in [5, 5.41) is 8.43. The van der Waals surface area contributed by atoms with Gasteiger partial charge in [-0.3, -0.25) is 4.79 Å². The Hall–Kier alpha value is -1.83. The second-order valence-electron chi connectivity index (χ2n) is 3.55. The molecule has 0 radical (unpaired) electrons. The van der Waals surface area contributed by atoms with E-state index in [-0.39, 0.29) is 5.91 Å². The SMILES string of the molecule is CCc1nccn1CC(=O)N(C)CCC#N. The van der Waals surface area contributed by atoms with Gasteiger partial charge in [-0.2, -0.15) is 5.26 Å². The topological polar surface area (TPSA) is 61.9 Å². The molecule has 1 aromatic rings. The maximum absolute atomic E-state index is 11.8. The average Bonchev–Trinajstić information content (AvgIpc) is 2.72. The number of carbonyl (C=O) groups excluding carboxylic acids is 1. The Morgan fingerprint density at radius 3 is 3.06 bits per heavy atom. The predicted molar refractivity (Wildman–Crippen MR) is 59.5 cm³/mol.